The first kappa shape index (κ1) is 17.3. The maximum Gasteiger partial charge on any atom is 0.315 e. The summed E-state index contributed by atoms with van der Waals surface area (Å²) in [5.41, 5.74) is 0.989. The highest BCUT2D eigenvalue weighted by molar-refractivity contribution is 6.01. The topological polar surface area (TPSA) is 87.7 Å². The summed E-state index contributed by atoms with van der Waals surface area (Å²) in [5, 5.41) is 5.78. The molecule has 1 saturated heterocycles. The Bertz CT molecular complexity index is 645. The Morgan fingerprint density at radius 1 is 1.20 bits per heavy atom. The number of hydrogen-bond donors (Lipinski definition) is 2. The van der Waals surface area contributed by atoms with Crippen molar-refractivity contribution in [3.8, 4) is 5.75 Å². The minimum Gasteiger partial charge on any atom is -0.493 e. The number of likely N-dealkylation sites (tertiary alicyclic amines) is 1. The summed E-state index contributed by atoms with van der Waals surface area (Å²) in [4.78, 5) is 36.5. The highest BCUT2D eigenvalue weighted by Gasteiger charge is 2.28. The van der Waals surface area contributed by atoms with Crippen LogP contribution in [0.2, 0.25) is 0 Å². The number of rotatable bonds is 5. The zero-order chi connectivity index (χ0) is 17.6. The molecule has 0 bridgehead atoms. The van der Waals surface area contributed by atoms with Crippen LogP contribution in [0.15, 0.2) is 24.3 Å². The molecule has 0 aromatic heterocycles. The van der Waals surface area contributed by atoms with Crippen molar-refractivity contribution in [1.29, 1.82) is 0 Å². The van der Waals surface area contributed by atoms with Crippen LogP contribution < -0.4 is 15.4 Å². The van der Waals surface area contributed by atoms with E-state index in [9.17, 15) is 14.4 Å². The summed E-state index contributed by atoms with van der Waals surface area (Å²) >= 11 is 0. The summed E-state index contributed by atoms with van der Waals surface area (Å²) in [6.07, 6.45) is 2.85. The lowest BCUT2D eigenvalue weighted by Gasteiger charge is -2.19. The molecule has 2 aliphatic rings. The third kappa shape index (κ3) is 4.29. The van der Waals surface area contributed by atoms with Crippen molar-refractivity contribution in [2.45, 2.75) is 38.1 Å². The minimum absolute atomic E-state index is 0.0829. The molecule has 7 heteroatoms. The maximum atomic E-state index is 12.1. The van der Waals surface area contributed by atoms with Gasteiger partial charge in [-0.25, -0.2) is 4.79 Å². The first-order chi connectivity index (χ1) is 12.1. The Morgan fingerprint density at radius 3 is 2.76 bits per heavy atom. The Kier molecular flexibility index (Phi) is 5.53. The molecule has 134 valence electrons. The molecule has 0 aliphatic carbocycles. The van der Waals surface area contributed by atoms with Gasteiger partial charge in [0.2, 0.25) is 11.8 Å². The van der Waals surface area contributed by atoms with Crippen molar-refractivity contribution in [2.24, 2.45) is 0 Å². The number of nitrogens with one attached hydrogen (secondary N) is 2. The normalized spacial score (nSPS) is 19.8. The predicted molar refractivity (Wildman–Crippen MR) is 91.0 cm³/mol. The Balaban J connectivity index is 1.45. The third-order valence-electron chi connectivity index (χ3n) is 4.49. The van der Waals surface area contributed by atoms with Crippen molar-refractivity contribution in [2.75, 3.05) is 19.7 Å². The number of amides is 4. The van der Waals surface area contributed by atoms with Gasteiger partial charge in [-0.1, -0.05) is 18.2 Å². The number of imide groups is 1. The van der Waals surface area contributed by atoms with Gasteiger partial charge in [-0.15, -0.1) is 0 Å². The summed E-state index contributed by atoms with van der Waals surface area (Å²) in [5.74, 6) is 0.574. The molecule has 2 N–H and O–H groups in total. The monoisotopic (exact) mass is 345 g/mol. The van der Waals surface area contributed by atoms with Crippen LogP contribution in [-0.4, -0.2) is 42.4 Å². The van der Waals surface area contributed by atoms with Gasteiger partial charge in [0, 0.05) is 31.5 Å². The van der Waals surface area contributed by atoms with E-state index in [2.05, 4.69) is 10.6 Å². The van der Waals surface area contributed by atoms with Crippen LogP contribution in [0.4, 0.5) is 4.79 Å². The standard InChI is InChI=1S/C18H23N3O4/c22-16-8-9-17(23)21(16)11-4-10-19-18(24)20-14-6-3-12-25-15-7-2-1-5-13(14)15/h1-2,5,7,14H,3-4,6,8-12H2,(H2,19,20,24). The van der Waals surface area contributed by atoms with Crippen LogP contribution in [-0.2, 0) is 9.59 Å². The van der Waals surface area contributed by atoms with Crippen LogP contribution >= 0.6 is 0 Å². The lowest BCUT2D eigenvalue weighted by atomic mass is 10.0. The fourth-order valence-corrected chi connectivity index (χ4v) is 3.20. The summed E-state index contributed by atoms with van der Waals surface area (Å²) in [6, 6.07) is 7.40. The van der Waals surface area contributed by atoms with Gasteiger partial charge in [0.25, 0.3) is 0 Å². The van der Waals surface area contributed by atoms with Crippen molar-refractivity contribution in [1.82, 2.24) is 15.5 Å². The molecule has 7 nitrogen and oxygen atoms in total. The number of benzene rings is 1. The Morgan fingerprint density at radius 2 is 1.96 bits per heavy atom. The minimum atomic E-state index is -0.249. The Labute approximate surface area is 146 Å². The van der Waals surface area contributed by atoms with Crippen LogP contribution in [0.25, 0.3) is 0 Å². The van der Waals surface area contributed by atoms with E-state index in [0.29, 0.717) is 39.0 Å². The fraction of sp³-hybridized carbons (Fsp3) is 0.500. The first-order valence-electron chi connectivity index (χ1n) is 8.74. The van der Waals surface area contributed by atoms with Crippen molar-refractivity contribution >= 4 is 17.8 Å². The molecule has 25 heavy (non-hydrogen) atoms. The van der Waals surface area contributed by atoms with E-state index >= 15 is 0 Å². The van der Waals surface area contributed by atoms with E-state index in [-0.39, 0.29) is 23.9 Å². The van der Waals surface area contributed by atoms with E-state index in [1.54, 1.807) is 0 Å². The molecule has 1 aromatic carbocycles. The number of para-hydroxylation sites is 1. The van der Waals surface area contributed by atoms with E-state index in [1.807, 2.05) is 24.3 Å². The van der Waals surface area contributed by atoms with E-state index in [1.165, 1.54) is 4.90 Å². The van der Waals surface area contributed by atoms with Gasteiger partial charge >= 0.3 is 6.03 Å². The largest absolute Gasteiger partial charge is 0.493 e. The van der Waals surface area contributed by atoms with Gasteiger partial charge in [0.15, 0.2) is 0 Å². The molecule has 4 amide bonds. The van der Waals surface area contributed by atoms with Gasteiger partial charge in [0.05, 0.1) is 12.6 Å². The van der Waals surface area contributed by atoms with Crippen LogP contribution in [0, 0.1) is 0 Å². The highest BCUT2D eigenvalue weighted by atomic mass is 16.5. The van der Waals surface area contributed by atoms with Gasteiger partial charge in [-0.3, -0.25) is 14.5 Å². The summed E-state index contributed by atoms with van der Waals surface area (Å²) in [7, 11) is 0. The number of urea groups is 1. The number of fused-ring (bicyclic) bond motifs is 1. The van der Waals surface area contributed by atoms with Gasteiger partial charge in [-0.05, 0) is 25.3 Å². The number of carbonyl (C=O) groups is 3. The molecule has 0 radical (unpaired) electrons. The lowest BCUT2D eigenvalue weighted by molar-refractivity contribution is -0.138. The second kappa shape index (κ2) is 8.00. The second-order valence-corrected chi connectivity index (χ2v) is 6.27. The molecule has 2 aliphatic heterocycles. The molecular formula is C18H23N3O4. The van der Waals surface area contributed by atoms with Crippen molar-refractivity contribution in [3.05, 3.63) is 29.8 Å². The molecule has 3 rings (SSSR count). The summed E-state index contributed by atoms with van der Waals surface area (Å²) < 4.78 is 5.69. The predicted octanol–water partition coefficient (Wildman–Crippen LogP) is 1.74. The molecule has 0 spiro atoms. The molecule has 1 unspecified atom stereocenters. The lowest BCUT2D eigenvalue weighted by Crippen LogP contribution is -2.39. The highest BCUT2D eigenvalue weighted by Crippen LogP contribution is 2.30. The van der Waals surface area contributed by atoms with Crippen molar-refractivity contribution < 1.29 is 19.1 Å². The van der Waals surface area contributed by atoms with Crippen LogP contribution in [0.3, 0.4) is 0 Å². The van der Waals surface area contributed by atoms with E-state index in [0.717, 1.165) is 24.2 Å². The second-order valence-electron chi connectivity index (χ2n) is 6.27. The zero-order valence-corrected chi connectivity index (χ0v) is 14.1. The van der Waals surface area contributed by atoms with E-state index in [4.69, 9.17) is 4.74 Å². The molecule has 1 atom stereocenters. The quantitative estimate of drug-likeness (QED) is 0.628. The van der Waals surface area contributed by atoms with Gasteiger partial charge in [0.1, 0.15) is 5.75 Å². The number of nitrogens with zero attached hydrogens (tertiary/aromatic N) is 1. The maximum absolute atomic E-state index is 12.1. The average Bonchev–Trinajstić information content (AvgIpc) is 2.81. The van der Waals surface area contributed by atoms with Crippen molar-refractivity contribution in [3.63, 3.8) is 0 Å². The molecule has 2 heterocycles. The summed E-state index contributed by atoms with van der Waals surface area (Å²) in [6.45, 7) is 1.42. The Hall–Kier alpha value is -2.57. The molecule has 1 aromatic rings. The molecule has 1 fully saturated rings. The van der Waals surface area contributed by atoms with Crippen LogP contribution in [0.5, 0.6) is 5.75 Å². The zero-order valence-electron chi connectivity index (χ0n) is 14.1. The first-order valence-corrected chi connectivity index (χ1v) is 8.74. The SMILES string of the molecule is O=C(NCCCN1C(=O)CCC1=O)NC1CCCOc2ccccc21. The molecule has 0 saturated carbocycles. The third-order valence-corrected chi connectivity index (χ3v) is 4.49. The van der Waals surface area contributed by atoms with E-state index < -0.39 is 0 Å². The van der Waals surface area contributed by atoms with Gasteiger partial charge in [-0.2, -0.15) is 0 Å². The average molecular weight is 345 g/mol. The number of ether oxygens (including phenoxy) is 1. The fourth-order valence-electron chi connectivity index (χ4n) is 3.20. The number of hydrogen-bond acceptors (Lipinski definition) is 4. The number of carbonyl (C=O) groups excluding carboxylic acids is 3. The smallest absolute Gasteiger partial charge is 0.315 e. The van der Waals surface area contributed by atoms with Crippen LogP contribution in [0.1, 0.15) is 43.7 Å². The molecular weight excluding hydrogens is 322 g/mol. The van der Waals surface area contributed by atoms with Gasteiger partial charge < -0.3 is 15.4 Å².